The molecule has 13 heavy (non-hydrogen) atoms. The minimum Gasteiger partial charge on any atom is -0.328 e. The van der Waals surface area contributed by atoms with Gasteiger partial charge in [-0.25, -0.2) is 0 Å². The lowest BCUT2D eigenvalue weighted by Crippen LogP contribution is -1.93. The minimum atomic E-state index is 0.668. The second-order valence-corrected chi connectivity index (χ2v) is 2.80. The van der Waals surface area contributed by atoms with Gasteiger partial charge < -0.3 is 5.32 Å². The van der Waals surface area contributed by atoms with Gasteiger partial charge in [0.15, 0.2) is 0 Å². The molecule has 1 aromatic carbocycles. The van der Waals surface area contributed by atoms with E-state index in [9.17, 15) is 4.79 Å². The molecule has 2 rings (SSSR count). The van der Waals surface area contributed by atoms with Gasteiger partial charge in [-0.2, -0.15) is 5.10 Å². The molecule has 0 fully saturated rings. The van der Waals surface area contributed by atoms with Crippen molar-refractivity contribution in [3.63, 3.8) is 0 Å². The van der Waals surface area contributed by atoms with Crippen LogP contribution in [0.1, 0.15) is 0 Å². The van der Waals surface area contributed by atoms with Crippen LogP contribution < -0.4 is 5.32 Å². The molecule has 4 nitrogen and oxygen atoms in total. The Morgan fingerprint density at radius 3 is 3.15 bits per heavy atom. The Bertz CT molecular complexity index is 447. The molecule has 0 bridgehead atoms. The van der Waals surface area contributed by atoms with Crippen molar-refractivity contribution in [3.05, 3.63) is 24.4 Å². The van der Waals surface area contributed by atoms with Gasteiger partial charge in [0, 0.05) is 18.6 Å². The van der Waals surface area contributed by atoms with Gasteiger partial charge in [-0.15, -0.1) is 0 Å². The van der Waals surface area contributed by atoms with Crippen LogP contribution in [0.4, 0.5) is 5.69 Å². The van der Waals surface area contributed by atoms with E-state index in [0.29, 0.717) is 6.41 Å². The van der Waals surface area contributed by atoms with E-state index >= 15 is 0 Å². The maximum atomic E-state index is 10.3. The number of nitrogens with one attached hydrogen (secondary N) is 1. The molecule has 0 aliphatic carbocycles. The van der Waals surface area contributed by atoms with E-state index in [1.165, 1.54) is 0 Å². The Hall–Kier alpha value is -1.84. The van der Waals surface area contributed by atoms with Crippen LogP contribution >= 0.6 is 0 Å². The van der Waals surface area contributed by atoms with Gasteiger partial charge in [-0.3, -0.25) is 9.48 Å². The molecule has 0 radical (unpaired) electrons. The van der Waals surface area contributed by atoms with Gasteiger partial charge in [0.2, 0.25) is 6.41 Å². The van der Waals surface area contributed by atoms with Crippen LogP contribution in [0.25, 0.3) is 10.9 Å². The third kappa shape index (κ3) is 1.26. The molecule has 0 atom stereocenters. The van der Waals surface area contributed by atoms with Gasteiger partial charge in [-0.1, -0.05) is 6.07 Å². The Morgan fingerprint density at radius 2 is 2.38 bits per heavy atom. The molecule has 0 aliphatic heterocycles. The van der Waals surface area contributed by atoms with Gasteiger partial charge in [0.25, 0.3) is 0 Å². The molecule has 4 heteroatoms. The molecule has 0 saturated carbocycles. The van der Waals surface area contributed by atoms with Crippen LogP contribution in [0.3, 0.4) is 0 Å². The zero-order valence-corrected chi connectivity index (χ0v) is 7.19. The van der Waals surface area contributed by atoms with E-state index in [0.717, 1.165) is 16.6 Å². The Labute approximate surface area is 75.2 Å². The first-order chi connectivity index (χ1) is 6.31. The average molecular weight is 175 g/mol. The Kier molecular flexibility index (Phi) is 1.73. The Balaban J connectivity index is 2.67. The van der Waals surface area contributed by atoms with Gasteiger partial charge in [-0.05, 0) is 12.1 Å². The first-order valence-corrected chi connectivity index (χ1v) is 3.94. The van der Waals surface area contributed by atoms with E-state index in [1.54, 1.807) is 4.68 Å². The van der Waals surface area contributed by atoms with Gasteiger partial charge >= 0.3 is 0 Å². The summed E-state index contributed by atoms with van der Waals surface area (Å²) in [5, 5.41) is 7.80. The third-order valence-corrected chi connectivity index (χ3v) is 1.88. The zero-order valence-electron chi connectivity index (χ0n) is 7.19. The summed E-state index contributed by atoms with van der Waals surface area (Å²) >= 11 is 0. The summed E-state index contributed by atoms with van der Waals surface area (Å²) in [7, 11) is 1.85. The van der Waals surface area contributed by atoms with Crippen LogP contribution in [0.2, 0.25) is 0 Å². The van der Waals surface area contributed by atoms with Crippen LogP contribution in [-0.2, 0) is 11.8 Å². The smallest absolute Gasteiger partial charge is 0.211 e. The van der Waals surface area contributed by atoms with E-state index in [-0.39, 0.29) is 0 Å². The third-order valence-electron chi connectivity index (χ3n) is 1.88. The average Bonchev–Trinajstić information content (AvgIpc) is 2.47. The standard InChI is InChI=1S/C9H9N3O/c1-12-5-7-8(10-6-13)3-2-4-9(7)11-12/h2-6H,1H3,(H,10,13). The molecule has 1 aromatic heterocycles. The van der Waals surface area contributed by atoms with E-state index < -0.39 is 0 Å². The number of hydrogen-bond donors (Lipinski definition) is 1. The number of carbonyl (C=O) groups excluding carboxylic acids is 1. The second-order valence-electron chi connectivity index (χ2n) is 2.80. The molecular formula is C9H9N3O. The number of anilines is 1. The summed E-state index contributed by atoms with van der Waals surface area (Å²) in [6.07, 6.45) is 2.54. The first kappa shape index (κ1) is 7.79. The number of benzene rings is 1. The van der Waals surface area contributed by atoms with E-state index in [2.05, 4.69) is 10.4 Å². The highest BCUT2D eigenvalue weighted by molar-refractivity contribution is 5.95. The van der Waals surface area contributed by atoms with E-state index in [4.69, 9.17) is 0 Å². The molecule has 66 valence electrons. The summed E-state index contributed by atoms with van der Waals surface area (Å²) in [6.45, 7) is 0. The summed E-state index contributed by atoms with van der Waals surface area (Å²) < 4.78 is 1.72. The van der Waals surface area contributed by atoms with Gasteiger partial charge in [0.05, 0.1) is 11.2 Å². The maximum absolute atomic E-state index is 10.3. The molecule has 0 aliphatic rings. The van der Waals surface area contributed by atoms with Crippen molar-refractivity contribution >= 4 is 23.0 Å². The van der Waals surface area contributed by atoms with Crippen molar-refractivity contribution in [2.45, 2.75) is 0 Å². The minimum absolute atomic E-state index is 0.668. The molecule has 1 heterocycles. The van der Waals surface area contributed by atoms with Crippen LogP contribution in [0.5, 0.6) is 0 Å². The molecule has 0 unspecified atom stereocenters. The number of aromatic nitrogens is 2. The monoisotopic (exact) mass is 175 g/mol. The molecule has 1 amide bonds. The fraction of sp³-hybridized carbons (Fsp3) is 0.111. The number of aryl methyl sites for hydroxylation is 1. The maximum Gasteiger partial charge on any atom is 0.211 e. The topological polar surface area (TPSA) is 46.9 Å². The van der Waals surface area contributed by atoms with E-state index in [1.807, 2.05) is 31.4 Å². The molecular weight excluding hydrogens is 166 g/mol. The highest BCUT2D eigenvalue weighted by Gasteiger charge is 2.02. The normalized spacial score (nSPS) is 10.2. The highest BCUT2D eigenvalue weighted by Crippen LogP contribution is 2.20. The van der Waals surface area contributed by atoms with Crippen LogP contribution in [0.15, 0.2) is 24.4 Å². The van der Waals surface area contributed by atoms with Crippen LogP contribution in [-0.4, -0.2) is 16.2 Å². The number of hydrogen-bond acceptors (Lipinski definition) is 2. The van der Waals surface area contributed by atoms with Crippen molar-refractivity contribution in [2.75, 3.05) is 5.32 Å². The van der Waals surface area contributed by atoms with Crippen molar-refractivity contribution in [3.8, 4) is 0 Å². The molecule has 0 spiro atoms. The molecule has 1 N–H and O–H groups in total. The molecule has 2 aromatic rings. The lowest BCUT2D eigenvalue weighted by Gasteiger charge is -1.97. The lowest BCUT2D eigenvalue weighted by atomic mass is 10.2. The summed E-state index contributed by atoms with van der Waals surface area (Å²) in [5.74, 6) is 0. The number of amides is 1. The van der Waals surface area contributed by atoms with Gasteiger partial charge in [0.1, 0.15) is 0 Å². The van der Waals surface area contributed by atoms with Crippen molar-refractivity contribution in [1.29, 1.82) is 0 Å². The number of nitrogens with zero attached hydrogens (tertiary/aromatic N) is 2. The highest BCUT2D eigenvalue weighted by atomic mass is 16.1. The van der Waals surface area contributed by atoms with Crippen molar-refractivity contribution in [1.82, 2.24) is 9.78 Å². The summed E-state index contributed by atoms with van der Waals surface area (Å²) in [5.41, 5.74) is 1.68. The summed E-state index contributed by atoms with van der Waals surface area (Å²) in [4.78, 5) is 10.3. The number of fused-ring (bicyclic) bond motifs is 1. The zero-order chi connectivity index (χ0) is 9.26. The number of carbonyl (C=O) groups is 1. The van der Waals surface area contributed by atoms with Crippen LogP contribution in [0, 0.1) is 0 Å². The summed E-state index contributed by atoms with van der Waals surface area (Å²) in [6, 6.07) is 5.62. The second kappa shape index (κ2) is 2.90. The lowest BCUT2D eigenvalue weighted by molar-refractivity contribution is -0.105. The van der Waals surface area contributed by atoms with Crippen molar-refractivity contribution < 1.29 is 4.79 Å². The number of rotatable bonds is 2. The SMILES string of the molecule is Cn1cc2c(NC=O)cccc2n1. The fourth-order valence-electron chi connectivity index (χ4n) is 1.35. The quantitative estimate of drug-likeness (QED) is 0.696. The first-order valence-electron chi connectivity index (χ1n) is 3.94. The fourth-order valence-corrected chi connectivity index (χ4v) is 1.35. The van der Waals surface area contributed by atoms with Crippen molar-refractivity contribution in [2.24, 2.45) is 7.05 Å². The molecule has 0 saturated heterocycles. The largest absolute Gasteiger partial charge is 0.328 e. The Morgan fingerprint density at radius 1 is 1.54 bits per heavy atom. The predicted octanol–water partition coefficient (Wildman–Crippen LogP) is 1.14. The predicted molar refractivity (Wildman–Crippen MR) is 50.4 cm³/mol.